The molecule has 0 saturated carbocycles. The molecule has 0 unspecified atom stereocenters. The summed E-state index contributed by atoms with van der Waals surface area (Å²) in [5.41, 5.74) is 2.64. The standard InChI is InChI=1S/C9H12N2/c1-2-4-8-6-10-7-11-9(8)5-3-1/h6-7H,1-5H2. The number of fused-ring (bicyclic) bond motifs is 1. The van der Waals surface area contributed by atoms with E-state index in [0.717, 1.165) is 6.42 Å². The van der Waals surface area contributed by atoms with Gasteiger partial charge >= 0.3 is 0 Å². The van der Waals surface area contributed by atoms with Crippen molar-refractivity contribution in [2.24, 2.45) is 0 Å². The van der Waals surface area contributed by atoms with Gasteiger partial charge in [-0.2, -0.15) is 0 Å². The maximum atomic E-state index is 4.27. The Kier molecular flexibility index (Phi) is 1.84. The van der Waals surface area contributed by atoms with Crippen LogP contribution in [-0.2, 0) is 12.8 Å². The summed E-state index contributed by atoms with van der Waals surface area (Å²) in [5, 5.41) is 0. The molecule has 0 atom stereocenters. The summed E-state index contributed by atoms with van der Waals surface area (Å²) in [4.78, 5) is 8.30. The molecule has 1 aliphatic carbocycles. The lowest BCUT2D eigenvalue weighted by molar-refractivity contribution is 0.708. The van der Waals surface area contributed by atoms with Gasteiger partial charge < -0.3 is 0 Å². The third-order valence-corrected chi connectivity index (χ3v) is 2.24. The molecule has 0 aromatic carbocycles. The highest BCUT2D eigenvalue weighted by Crippen LogP contribution is 2.16. The van der Waals surface area contributed by atoms with Gasteiger partial charge in [0.1, 0.15) is 6.33 Å². The molecule has 2 heteroatoms. The summed E-state index contributed by atoms with van der Waals surface area (Å²) < 4.78 is 0. The van der Waals surface area contributed by atoms with Crippen molar-refractivity contribution >= 4 is 0 Å². The Hall–Kier alpha value is -0.920. The lowest BCUT2D eigenvalue weighted by Gasteiger charge is -2.00. The Morgan fingerprint density at radius 2 is 2.00 bits per heavy atom. The molecule has 0 aliphatic heterocycles. The van der Waals surface area contributed by atoms with E-state index in [4.69, 9.17) is 0 Å². The monoisotopic (exact) mass is 148 g/mol. The number of rotatable bonds is 0. The Balaban J connectivity index is 2.33. The largest absolute Gasteiger partial charge is 0.245 e. The van der Waals surface area contributed by atoms with Crippen molar-refractivity contribution in [2.45, 2.75) is 32.1 Å². The third-order valence-electron chi connectivity index (χ3n) is 2.24. The zero-order chi connectivity index (χ0) is 7.52. The van der Waals surface area contributed by atoms with Gasteiger partial charge in [0.15, 0.2) is 0 Å². The summed E-state index contributed by atoms with van der Waals surface area (Å²) in [7, 11) is 0. The number of aromatic nitrogens is 2. The average Bonchev–Trinajstić information content (AvgIpc) is 2.28. The maximum Gasteiger partial charge on any atom is 0.115 e. The quantitative estimate of drug-likeness (QED) is 0.524. The van der Waals surface area contributed by atoms with Crippen LogP contribution in [0.3, 0.4) is 0 Å². The summed E-state index contributed by atoms with van der Waals surface area (Å²) in [6.07, 6.45) is 9.90. The minimum Gasteiger partial charge on any atom is -0.245 e. The molecular weight excluding hydrogens is 136 g/mol. The molecule has 1 heterocycles. The van der Waals surface area contributed by atoms with E-state index in [9.17, 15) is 0 Å². The third kappa shape index (κ3) is 1.39. The minimum absolute atomic E-state index is 1.15. The normalized spacial score (nSPS) is 17.1. The fraction of sp³-hybridized carbons (Fsp3) is 0.556. The minimum atomic E-state index is 1.15. The van der Waals surface area contributed by atoms with E-state index in [1.807, 2.05) is 6.20 Å². The highest BCUT2D eigenvalue weighted by atomic mass is 14.8. The van der Waals surface area contributed by atoms with Gasteiger partial charge in [0.25, 0.3) is 0 Å². The molecule has 11 heavy (non-hydrogen) atoms. The second-order valence-electron chi connectivity index (χ2n) is 3.06. The Morgan fingerprint density at radius 3 is 3.00 bits per heavy atom. The van der Waals surface area contributed by atoms with E-state index in [0.29, 0.717) is 0 Å². The van der Waals surface area contributed by atoms with Gasteiger partial charge in [0.05, 0.1) is 0 Å². The Morgan fingerprint density at radius 1 is 1.09 bits per heavy atom. The van der Waals surface area contributed by atoms with Gasteiger partial charge in [-0.25, -0.2) is 9.97 Å². The molecule has 1 aliphatic rings. The smallest absolute Gasteiger partial charge is 0.115 e. The molecule has 1 aromatic heterocycles. The Labute approximate surface area is 66.7 Å². The highest BCUT2D eigenvalue weighted by Gasteiger charge is 2.07. The van der Waals surface area contributed by atoms with Crippen LogP contribution in [0.1, 0.15) is 30.5 Å². The molecular formula is C9H12N2. The van der Waals surface area contributed by atoms with Crippen molar-refractivity contribution in [3.63, 3.8) is 0 Å². The van der Waals surface area contributed by atoms with Crippen molar-refractivity contribution in [2.75, 3.05) is 0 Å². The molecule has 0 amide bonds. The summed E-state index contributed by atoms with van der Waals surface area (Å²) in [6.45, 7) is 0. The van der Waals surface area contributed by atoms with E-state index < -0.39 is 0 Å². The van der Waals surface area contributed by atoms with Crippen LogP contribution < -0.4 is 0 Å². The van der Waals surface area contributed by atoms with Crippen molar-refractivity contribution < 1.29 is 0 Å². The van der Waals surface area contributed by atoms with Crippen molar-refractivity contribution in [1.29, 1.82) is 0 Å². The molecule has 0 bridgehead atoms. The van der Waals surface area contributed by atoms with Gasteiger partial charge in [-0.1, -0.05) is 6.42 Å². The first kappa shape index (κ1) is 6.77. The zero-order valence-corrected chi connectivity index (χ0v) is 6.58. The first-order chi connectivity index (χ1) is 5.47. The number of hydrogen-bond acceptors (Lipinski definition) is 2. The highest BCUT2D eigenvalue weighted by molar-refractivity contribution is 5.17. The molecule has 0 radical (unpaired) electrons. The molecule has 2 nitrogen and oxygen atoms in total. The summed E-state index contributed by atoms with van der Waals surface area (Å²) >= 11 is 0. The van der Waals surface area contributed by atoms with Crippen LogP contribution in [0.2, 0.25) is 0 Å². The van der Waals surface area contributed by atoms with Crippen LogP contribution in [0.25, 0.3) is 0 Å². The van der Waals surface area contributed by atoms with Crippen molar-refractivity contribution in [1.82, 2.24) is 9.97 Å². The number of aryl methyl sites for hydroxylation is 2. The van der Waals surface area contributed by atoms with Gasteiger partial charge in [-0.15, -0.1) is 0 Å². The predicted molar refractivity (Wildman–Crippen MR) is 43.3 cm³/mol. The molecule has 58 valence electrons. The zero-order valence-electron chi connectivity index (χ0n) is 6.58. The summed E-state index contributed by atoms with van der Waals surface area (Å²) in [6, 6.07) is 0. The number of hydrogen-bond donors (Lipinski definition) is 0. The average molecular weight is 148 g/mol. The SMILES string of the molecule is c1ncc2c(n1)CCCCC2. The topological polar surface area (TPSA) is 25.8 Å². The van der Waals surface area contributed by atoms with Gasteiger partial charge in [-0.05, 0) is 31.2 Å². The predicted octanol–water partition coefficient (Wildman–Crippen LogP) is 1.75. The first-order valence-electron chi connectivity index (χ1n) is 4.24. The van der Waals surface area contributed by atoms with Crippen LogP contribution in [0.4, 0.5) is 0 Å². The van der Waals surface area contributed by atoms with E-state index in [1.165, 1.54) is 36.9 Å². The lowest BCUT2D eigenvalue weighted by Crippen LogP contribution is -1.95. The van der Waals surface area contributed by atoms with E-state index in [1.54, 1.807) is 6.33 Å². The van der Waals surface area contributed by atoms with Gasteiger partial charge in [-0.3, -0.25) is 0 Å². The van der Waals surface area contributed by atoms with Crippen LogP contribution in [0.15, 0.2) is 12.5 Å². The second-order valence-corrected chi connectivity index (χ2v) is 3.06. The maximum absolute atomic E-state index is 4.27. The van der Waals surface area contributed by atoms with Crippen molar-refractivity contribution in [3.05, 3.63) is 23.8 Å². The fourth-order valence-electron chi connectivity index (χ4n) is 1.60. The van der Waals surface area contributed by atoms with E-state index in [2.05, 4.69) is 9.97 Å². The Bertz CT molecular complexity index is 220. The molecule has 0 spiro atoms. The summed E-state index contributed by atoms with van der Waals surface area (Å²) in [5.74, 6) is 0. The lowest BCUT2D eigenvalue weighted by atomic mass is 10.1. The number of nitrogens with zero attached hydrogens (tertiary/aromatic N) is 2. The second kappa shape index (κ2) is 2.99. The molecule has 2 rings (SSSR count). The van der Waals surface area contributed by atoms with Crippen molar-refractivity contribution in [3.8, 4) is 0 Å². The van der Waals surface area contributed by atoms with Gasteiger partial charge in [0.2, 0.25) is 0 Å². The van der Waals surface area contributed by atoms with E-state index >= 15 is 0 Å². The molecule has 0 N–H and O–H groups in total. The van der Waals surface area contributed by atoms with Crippen LogP contribution >= 0.6 is 0 Å². The fourth-order valence-corrected chi connectivity index (χ4v) is 1.60. The van der Waals surface area contributed by atoms with Crippen LogP contribution in [0, 0.1) is 0 Å². The van der Waals surface area contributed by atoms with Gasteiger partial charge in [0, 0.05) is 11.9 Å². The molecule has 0 saturated heterocycles. The van der Waals surface area contributed by atoms with Crippen LogP contribution in [0.5, 0.6) is 0 Å². The van der Waals surface area contributed by atoms with Crippen LogP contribution in [-0.4, -0.2) is 9.97 Å². The molecule has 0 fully saturated rings. The first-order valence-corrected chi connectivity index (χ1v) is 4.24. The van der Waals surface area contributed by atoms with E-state index in [-0.39, 0.29) is 0 Å². The molecule has 1 aromatic rings.